The lowest BCUT2D eigenvalue weighted by Crippen LogP contribution is -2.30. The predicted molar refractivity (Wildman–Crippen MR) is 74.8 cm³/mol. The molecule has 2 N–H and O–H groups in total. The van der Waals surface area contributed by atoms with Crippen molar-refractivity contribution in [3.63, 3.8) is 0 Å². The van der Waals surface area contributed by atoms with Crippen LogP contribution in [0.1, 0.15) is 0 Å². The molecule has 0 saturated carbocycles. The van der Waals surface area contributed by atoms with Crippen molar-refractivity contribution in [2.45, 2.75) is 6.10 Å². The van der Waals surface area contributed by atoms with Crippen LogP contribution < -0.4 is 10.5 Å². The quantitative estimate of drug-likeness (QED) is 0.920. The number of nitrogens with zero attached hydrogens (tertiary/aromatic N) is 2. The molecule has 1 aliphatic rings. The van der Waals surface area contributed by atoms with E-state index in [4.69, 9.17) is 10.5 Å². The Kier molecular flexibility index (Phi) is 2.91. The van der Waals surface area contributed by atoms with Crippen LogP contribution in [0.3, 0.4) is 0 Å². The monoisotopic (exact) mass is 261 g/mol. The molecule has 1 aromatic heterocycles. The van der Waals surface area contributed by atoms with E-state index in [1.807, 2.05) is 43.1 Å². The van der Waals surface area contributed by atoms with Gasteiger partial charge in [-0.2, -0.15) is 16.9 Å². The maximum absolute atomic E-state index is 5.95. The van der Waals surface area contributed by atoms with Crippen LogP contribution in [-0.4, -0.2) is 27.4 Å². The van der Waals surface area contributed by atoms with Gasteiger partial charge in [0.25, 0.3) is 0 Å². The third-order valence-corrected chi connectivity index (χ3v) is 4.28. The Morgan fingerprint density at radius 1 is 1.33 bits per heavy atom. The number of hydrogen-bond donors (Lipinski definition) is 1. The molecule has 3 rings (SSSR count). The van der Waals surface area contributed by atoms with E-state index >= 15 is 0 Å². The largest absolute Gasteiger partial charge is 0.489 e. The molecular weight excluding hydrogens is 246 g/mol. The summed E-state index contributed by atoms with van der Waals surface area (Å²) in [7, 11) is 1.84. The minimum Gasteiger partial charge on any atom is -0.489 e. The van der Waals surface area contributed by atoms with E-state index in [1.165, 1.54) is 0 Å². The Bertz CT molecular complexity index is 546. The Labute approximate surface area is 110 Å². The zero-order valence-electron chi connectivity index (χ0n) is 10.2. The molecule has 0 amide bonds. The summed E-state index contributed by atoms with van der Waals surface area (Å²) in [5.41, 5.74) is 7.98. The highest BCUT2D eigenvalue weighted by atomic mass is 32.2. The summed E-state index contributed by atoms with van der Waals surface area (Å²) < 4.78 is 7.48. The van der Waals surface area contributed by atoms with Crippen LogP contribution in [0.5, 0.6) is 5.75 Å². The third-order valence-electron chi connectivity index (χ3n) is 3.06. The fourth-order valence-corrected chi connectivity index (χ4v) is 2.42. The van der Waals surface area contributed by atoms with Gasteiger partial charge in [0.2, 0.25) is 0 Å². The number of aromatic nitrogens is 2. The first-order chi connectivity index (χ1) is 8.74. The van der Waals surface area contributed by atoms with Gasteiger partial charge >= 0.3 is 0 Å². The van der Waals surface area contributed by atoms with Crippen molar-refractivity contribution >= 4 is 17.6 Å². The lowest BCUT2D eigenvalue weighted by molar-refractivity contribution is 0.240. The zero-order valence-corrected chi connectivity index (χ0v) is 11.0. The fourth-order valence-electron chi connectivity index (χ4n) is 1.86. The molecule has 1 fully saturated rings. The second-order valence-electron chi connectivity index (χ2n) is 4.37. The molecule has 2 heterocycles. The molecule has 4 nitrogen and oxygen atoms in total. The van der Waals surface area contributed by atoms with Crippen LogP contribution in [-0.2, 0) is 7.05 Å². The fraction of sp³-hybridized carbons (Fsp3) is 0.308. The van der Waals surface area contributed by atoms with E-state index < -0.39 is 0 Å². The molecule has 1 aliphatic heterocycles. The highest BCUT2D eigenvalue weighted by Crippen LogP contribution is 2.28. The van der Waals surface area contributed by atoms with E-state index in [0.717, 1.165) is 28.4 Å². The second-order valence-corrected chi connectivity index (χ2v) is 5.44. The van der Waals surface area contributed by atoms with Crippen LogP contribution in [0.2, 0.25) is 0 Å². The van der Waals surface area contributed by atoms with Gasteiger partial charge in [0.1, 0.15) is 17.7 Å². The first-order valence-electron chi connectivity index (χ1n) is 5.86. The summed E-state index contributed by atoms with van der Waals surface area (Å²) in [6.45, 7) is 0. The number of nitrogens with two attached hydrogens (primary N) is 1. The van der Waals surface area contributed by atoms with Gasteiger partial charge in [0.05, 0.1) is 6.20 Å². The highest BCUT2D eigenvalue weighted by Gasteiger charge is 2.19. The van der Waals surface area contributed by atoms with Crippen LogP contribution in [0, 0.1) is 0 Å². The summed E-state index contributed by atoms with van der Waals surface area (Å²) in [4.78, 5) is 0. The second kappa shape index (κ2) is 4.57. The van der Waals surface area contributed by atoms with E-state index in [-0.39, 0.29) is 0 Å². The molecule has 0 bridgehead atoms. The average Bonchev–Trinajstić information content (AvgIpc) is 2.66. The lowest BCUT2D eigenvalue weighted by atomic mass is 10.1. The zero-order chi connectivity index (χ0) is 12.5. The van der Waals surface area contributed by atoms with Crippen molar-refractivity contribution < 1.29 is 4.74 Å². The van der Waals surface area contributed by atoms with Gasteiger partial charge in [-0.1, -0.05) is 12.1 Å². The Hall–Kier alpha value is -1.62. The molecule has 0 aliphatic carbocycles. The maximum Gasteiger partial charge on any atom is 0.129 e. The number of benzene rings is 1. The highest BCUT2D eigenvalue weighted by molar-refractivity contribution is 8.00. The van der Waals surface area contributed by atoms with Crippen LogP contribution in [0.4, 0.5) is 5.82 Å². The van der Waals surface area contributed by atoms with Gasteiger partial charge in [-0.25, -0.2) is 0 Å². The van der Waals surface area contributed by atoms with Crippen molar-refractivity contribution in [1.82, 2.24) is 9.78 Å². The third kappa shape index (κ3) is 2.06. The van der Waals surface area contributed by atoms with Crippen molar-refractivity contribution in [2.24, 2.45) is 7.05 Å². The predicted octanol–water partition coefficient (Wildman–Crippen LogP) is 2.16. The van der Waals surface area contributed by atoms with Crippen molar-refractivity contribution in [2.75, 3.05) is 17.2 Å². The van der Waals surface area contributed by atoms with Crippen LogP contribution in [0.25, 0.3) is 11.1 Å². The summed E-state index contributed by atoms with van der Waals surface area (Å²) >= 11 is 1.92. The first kappa shape index (κ1) is 11.5. The van der Waals surface area contributed by atoms with Gasteiger partial charge in [-0.05, 0) is 17.7 Å². The molecule has 0 radical (unpaired) electrons. The van der Waals surface area contributed by atoms with Crippen LogP contribution >= 0.6 is 11.8 Å². The number of hydrogen-bond acceptors (Lipinski definition) is 4. The number of ether oxygens (including phenoxy) is 1. The van der Waals surface area contributed by atoms with Gasteiger partial charge in [-0.3, -0.25) is 4.68 Å². The van der Waals surface area contributed by atoms with E-state index in [2.05, 4.69) is 5.10 Å². The minimum absolute atomic E-state index is 0.379. The maximum atomic E-state index is 5.95. The van der Waals surface area contributed by atoms with Gasteiger partial charge in [-0.15, -0.1) is 0 Å². The molecule has 0 spiro atoms. The van der Waals surface area contributed by atoms with Crippen molar-refractivity contribution in [3.8, 4) is 16.9 Å². The molecule has 0 unspecified atom stereocenters. The van der Waals surface area contributed by atoms with E-state index in [9.17, 15) is 0 Å². The normalized spacial score (nSPS) is 15.4. The summed E-state index contributed by atoms with van der Waals surface area (Å²) in [5.74, 6) is 3.79. The van der Waals surface area contributed by atoms with Gasteiger partial charge in [0.15, 0.2) is 0 Å². The molecule has 1 aromatic carbocycles. The molecule has 94 valence electrons. The SMILES string of the molecule is Cn1ncc(-c2ccc(OC3CSC3)cc2)c1N. The average molecular weight is 261 g/mol. The number of nitrogen functional groups attached to an aromatic ring is 1. The van der Waals surface area contributed by atoms with Crippen molar-refractivity contribution in [3.05, 3.63) is 30.5 Å². The first-order valence-corrected chi connectivity index (χ1v) is 7.02. The van der Waals surface area contributed by atoms with Crippen molar-refractivity contribution in [1.29, 1.82) is 0 Å². The molecule has 18 heavy (non-hydrogen) atoms. The topological polar surface area (TPSA) is 53.1 Å². The molecule has 0 atom stereocenters. The summed E-state index contributed by atoms with van der Waals surface area (Å²) in [5, 5.41) is 4.14. The summed E-state index contributed by atoms with van der Waals surface area (Å²) in [6.07, 6.45) is 2.16. The molecule has 1 saturated heterocycles. The number of rotatable bonds is 3. The minimum atomic E-state index is 0.379. The van der Waals surface area contributed by atoms with Crippen LogP contribution in [0.15, 0.2) is 30.5 Å². The lowest BCUT2D eigenvalue weighted by Gasteiger charge is -2.25. The Morgan fingerprint density at radius 3 is 2.56 bits per heavy atom. The summed E-state index contributed by atoms with van der Waals surface area (Å²) in [6, 6.07) is 8.03. The van der Waals surface area contributed by atoms with E-state index in [1.54, 1.807) is 10.9 Å². The number of thioether (sulfide) groups is 1. The van der Waals surface area contributed by atoms with E-state index in [0.29, 0.717) is 11.9 Å². The number of aryl methyl sites for hydroxylation is 1. The molecular formula is C13H15N3OS. The Balaban J connectivity index is 1.79. The smallest absolute Gasteiger partial charge is 0.129 e. The molecule has 2 aromatic rings. The molecule has 5 heteroatoms. The number of anilines is 1. The standard InChI is InChI=1S/C13H15N3OS/c1-16-13(14)12(6-15-16)9-2-4-10(5-3-9)17-11-7-18-8-11/h2-6,11H,7-8,14H2,1H3. The van der Waals surface area contributed by atoms with Gasteiger partial charge in [0, 0.05) is 24.1 Å². The van der Waals surface area contributed by atoms with Gasteiger partial charge < -0.3 is 10.5 Å². The Morgan fingerprint density at radius 2 is 2.06 bits per heavy atom.